The van der Waals surface area contributed by atoms with E-state index in [1.807, 2.05) is 0 Å². The normalized spacial score (nSPS) is 16.4. The van der Waals surface area contributed by atoms with Crippen LogP contribution in [0, 0.1) is 11.6 Å². The van der Waals surface area contributed by atoms with Gasteiger partial charge in [0.15, 0.2) is 11.6 Å². The Morgan fingerprint density at radius 2 is 2.04 bits per heavy atom. The average molecular weight is 376 g/mol. The fraction of sp³-hybridized carbons (Fsp3) is 0.278. The number of amides is 1. The van der Waals surface area contributed by atoms with Crippen molar-refractivity contribution in [2.75, 3.05) is 20.1 Å². The van der Waals surface area contributed by atoms with E-state index < -0.39 is 17.3 Å². The molecule has 27 heavy (non-hydrogen) atoms. The first kappa shape index (κ1) is 20.1. The first-order valence-electron chi connectivity index (χ1n) is 8.20. The van der Waals surface area contributed by atoms with Crippen LogP contribution in [0.4, 0.5) is 14.5 Å². The lowest BCUT2D eigenvalue weighted by Crippen LogP contribution is -2.40. The number of rotatable bonds is 4. The van der Waals surface area contributed by atoms with Gasteiger partial charge in [0.25, 0.3) is 0 Å². The largest absolute Gasteiger partial charge is 0.404 e. The lowest BCUT2D eigenvalue weighted by Gasteiger charge is -2.28. The molecule has 7 nitrogen and oxygen atoms in total. The third-order valence-corrected chi connectivity index (χ3v) is 4.20. The van der Waals surface area contributed by atoms with E-state index >= 15 is 0 Å². The standard InChI is InChI=1S/C18H22F2N6O/c1-10(27)26-6-5-15(22)13(9-26)18(23)25-17-14(19)4-3-12(16(17)20)11(7-21)8-24-2/h3-4,7-8H,5-6,9,21-22H2,1-2H3,(H2,23,25). The highest BCUT2D eigenvalue weighted by Gasteiger charge is 2.23. The van der Waals surface area contributed by atoms with Crippen LogP contribution in [-0.4, -0.2) is 43.0 Å². The molecule has 0 bridgehead atoms. The van der Waals surface area contributed by atoms with Crippen LogP contribution >= 0.6 is 0 Å². The predicted molar refractivity (Wildman–Crippen MR) is 102 cm³/mol. The molecule has 1 aromatic rings. The molecule has 1 heterocycles. The van der Waals surface area contributed by atoms with Crippen LogP contribution in [0.25, 0.3) is 5.57 Å². The molecule has 0 saturated carbocycles. The molecule has 144 valence electrons. The van der Waals surface area contributed by atoms with E-state index in [1.165, 1.54) is 31.2 Å². The van der Waals surface area contributed by atoms with Crippen LogP contribution in [0.15, 0.2) is 39.6 Å². The number of nitrogens with zero attached hydrogens (tertiary/aromatic N) is 3. The minimum absolute atomic E-state index is 0.0343. The number of nitrogens with two attached hydrogens (primary N) is 3. The number of hydrogen-bond donors (Lipinski definition) is 3. The minimum atomic E-state index is -0.923. The van der Waals surface area contributed by atoms with Crippen LogP contribution in [-0.2, 0) is 4.79 Å². The molecule has 0 fully saturated rings. The SMILES string of the molecule is CN=CC(=CN)c1ccc(F)c(N=C(N)C2=C(N)CCN(C(C)=O)C2)c1F. The van der Waals surface area contributed by atoms with Gasteiger partial charge in [-0.2, -0.15) is 0 Å². The maximum absolute atomic E-state index is 14.9. The zero-order chi connectivity index (χ0) is 20.1. The number of amidine groups is 1. The summed E-state index contributed by atoms with van der Waals surface area (Å²) < 4.78 is 29.1. The summed E-state index contributed by atoms with van der Waals surface area (Å²) in [7, 11) is 1.50. The molecule has 0 aliphatic carbocycles. The van der Waals surface area contributed by atoms with E-state index in [9.17, 15) is 13.6 Å². The zero-order valence-electron chi connectivity index (χ0n) is 15.2. The van der Waals surface area contributed by atoms with Gasteiger partial charge in [-0.3, -0.25) is 9.79 Å². The van der Waals surface area contributed by atoms with Gasteiger partial charge in [0, 0.05) is 61.8 Å². The molecule has 0 unspecified atom stereocenters. The summed E-state index contributed by atoms with van der Waals surface area (Å²) in [6.07, 6.45) is 2.91. The molecule has 2 rings (SSSR count). The molecule has 0 saturated heterocycles. The third kappa shape index (κ3) is 4.30. The van der Waals surface area contributed by atoms with E-state index in [2.05, 4.69) is 9.98 Å². The van der Waals surface area contributed by atoms with Crippen molar-refractivity contribution in [3.8, 4) is 0 Å². The number of carbonyl (C=O) groups is 1. The molecule has 0 radical (unpaired) electrons. The van der Waals surface area contributed by atoms with Gasteiger partial charge in [0.1, 0.15) is 11.5 Å². The van der Waals surface area contributed by atoms with Crippen molar-refractivity contribution < 1.29 is 13.6 Å². The molecular weight excluding hydrogens is 354 g/mol. The van der Waals surface area contributed by atoms with E-state index in [4.69, 9.17) is 17.2 Å². The molecule has 9 heteroatoms. The highest BCUT2D eigenvalue weighted by atomic mass is 19.1. The van der Waals surface area contributed by atoms with E-state index in [-0.39, 0.29) is 29.4 Å². The molecule has 0 atom stereocenters. The second kappa shape index (κ2) is 8.43. The number of aliphatic imine (C=N–C) groups is 2. The number of benzene rings is 1. The van der Waals surface area contributed by atoms with Crippen LogP contribution in [0.3, 0.4) is 0 Å². The summed E-state index contributed by atoms with van der Waals surface area (Å²) in [6, 6.07) is 2.31. The van der Waals surface area contributed by atoms with Crippen molar-refractivity contribution in [1.82, 2.24) is 4.90 Å². The maximum atomic E-state index is 14.9. The predicted octanol–water partition coefficient (Wildman–Crippen LogP) is 1.42. The quantitative estimate of drug-likeness (QED) is 0.543. The fourth-order valence-electron chi connectivity index (χ4n) is 2.69. The first-order valence-corrected chi connectivity index (χ1v) is 8.20. The summed E-state index contributed by atoms with van der Waals surface area (Å²) in [5, 5.41) is 0. The second-order valence-corrected chi connectivity index (χ2v) is 5.96. The molecule has 1 amide bonds. The summed E-state index contributed by atoms with van der Waals surface area (Å²) in [5.74, 6) is -2.10. The van der Waals surface area contributed by atoms with E-state index in [0.29, 0.717) is 24.2 Å². The lowest BCUT2D eigenvalue weighted by molar-refractivity contribution is -0.128. The van der Waals surface area contributed by atoms with Crippen LogP contribution in [0.2, 0.25) is 0 Å². The average Bonchev–Trinajstić information content (AvgIpc) is 2.63. The molecule has 6 N–H and O–H groups in total. The molecule has 1 aliphatic rings. The fourth-order valence-corrected chi connectivity index (χ4v) is 2.69. The van der Waals surface area contributed by atoms with Crippen molar-refractivity contribution in [2.45, 2.75) is 13.3 Å². The van der Waals surface area contributed by atoms with Crippen LogP contribution < -0.4 is 17.2 Å². The van der Waals surface area contributed by atoms with Crippen molar-refractivity contribution in [1.29, 1.82) is 0 Å². The highest BCUT2D eigenvalue weighted by Crippen LogP contribution is 2.29. The Balaban J connectivity index is 2.50. The number of hydrogen-bond acceptors (Lipinski definition) is 5. The van der Waals surface area contributed by atoms with Gasteiger partial charge in [0.05, 0.1) is 6.54 Å². The second-order valence-electron chi connectivity index (χ2n) is 5.96. The minimum Gasteiger partial charge on any atom is -0.404 e. The molecule has 1 aromatic carbocycles. The lowest BCUT2D eigenvalue weighted by atomic mass is 10.0. The maximum Gasteiger partial charge on any atom is 0.219 e. The van der Waals surface area contributed by atoms with Crippen molar-refractivity contribution >= 4 is 29.2 Å². The topological polar surface area (TPSA) is 123 Å². The highest BCUT2D eigenvalue weighted by molar-refractivity contribution is 6.10. The van der Waals surface area contributed by atoms with Crippen molar-refractivity contribution in [2.24, 2.45) is 27.2 Å². The molecule has 1 aliphatic heterocycles. The molecule has 0 aromatic heterocycles. The third-order valence-electron chi connectivity index (χ3n) is 4.20. The monoisotopic (exact) mass is 376 g/mol. The van der Waals surface area contributed by atoms with E-state index in [0.717, 1.165) is 12.3 Å². The van der Waals surface area contributed by atoms with Gasteiger partial charge < -0.3 is 22.1 Å². The first-order chi connectivity index (χ1) is 12.8. The van der Waals surface area contributed by atoms with Gasteiger partial charge >= 0.3 is 0 Å². The molecule has 0 spiro atoms. The van der Waals surface area contributed by atoms with Crippen molar-refractivity contribution in [3.05, 3.63) is 46.8 Å². The Labute approximate surface area is 155 Å². The Bertz CT molecular complexity index is 873. The summed E-state index contributed by atoms with van der Waals surface area (Å²) >= 11 is 0. The Morgan fingerprint density at radius 3 is 2.63 bits per heavy atom. The van der Waals surface area contributed by atoms with Gasteiger partial charge in [0.2, 0.25) is 5.91 Å². The summed E-state index contributed by atoms with van der Waals surface area (Å²) in [6.45, 7) is 2.01. The summed E-state index contributed by atoms with van der Waals surface area (Å²) in [4.78, 5) is 20.8. The van der Waals surface area contributed by atoms with Gasteiger partial charge in [-0.1, -0.05) is 0 Å². The van der Waals surface area contributed by atoms with Crippen LogP contribution in [0.1, 0.15) is 18.9 Å². The van der Waals surface area contributed by atoms with Gasteiger partial charge in [-0.15, -0.1) is 0 Å². The van der Waals surface area contributed by atoms with E-state index in [1.54, 1.807) is 0 Å². The summed E-state index contributed by atoms with van der Waals surface area (Å²) in [5.41, 5.74) is 18.0. The Hall–Kier alpha value is -3.23. The van der Waals surface area contributed by atoms with Crippen LogP contribution in [0.5, 0.6) is 0 Å². The van der Waals surface area contributed by atoms with Crippen molar-refractivity contribution in [3.63, 3.8) is 0 Å². The number of halogens is 2. The molecular formula is C18H22F2N6O. The number of carbonyl (C=O) groups excluding carboxylic acids is 1. The number of allylic oxidation sites excluding steroid dienone is 1. The van der Waals surface area contributed by atoms with Gasteiger partial charge in [-0.05, 0) is 12.1 Å². The Morgan fingerprint density at radius 1 is 1.33 bits per heavy atom. The Kier molecular flexibility index (Phi) is 6.27. The van der Waals surface area contributed by atoms with Gasteiger partial charge in [-0.25, -0.2) is 13.8 Å². The zero-order valence-corrected chi connectivity index (χ0v) is 15.2. The smallest absolute Gasteiger partial charge is 0.219 e.